The lowest BCUT2D eigenvalue weighted by Crippen LogP contribution is -2.23. The highest BCUT2D eigenvalue weighted by atomic mass is 16.3. The second kappa shape index (κ2) is 4.77. The van der Waals surface area contributed by atoms with E-state index in [0.29, 0.717) is 17.7 Å². The van der Waals surface area contributed by atoms with Crippen molar-refractivity contribution in [2.75, 3.05) is 0 Å². The summed E-state index contributed by atoms with van der Waals surface area (Å²) in [5.74, 6) is 0.708. The Morgan fingerprint density at radius 2 is 2.12 bits per heavy atom. The van der Waals surface area contributed by atoms with Crippen molar-refractivity contribution >= 4 is 0 Å². The number of hydrogen-bond donors (Lipinski definition) is 1. The zero-order valence-corrected chi connectivity index (χ0v) is 11.1. The van der Waals surface area contributed by atoms with E-state index in [0.717, 1.165) is 0 Å². The van der Waals surface area contributed by atoms with Crippen LogP contribution in [0.4, 0.5) is 0 Å². The van der Waals surface area contributed by atoms with Crippen LogP contribution in [0.2, 0.25) is 0 Å². The van der Waals surface area contributed by atoms with E-state index in [4.69, 9.17) is 0 Å². The van der Waals surface area contributed by atoms with E-state index in [1.165, 1.54) is 32.1 Å². The van der Waals surface area contributed by atoms with Gasteiger partial charge >= 0.3 is 0 Å². The predicted octanol–water partition coefficient (Wildman–Crippen LogP) is 2.65. The van der Waals surface area contributed by atoms with E-state index >= 15 is 0 Å². The molecular weight excluding hydrogens is 214 g/mol. The maximum absolute atomic E-state index is 9.91. The summed E-state index contributed by atoms with van der Waals surface area (Å²) in [7, 11) is 0. The number of aromatic nitrogens is 3. The molecule has 2 unspecified atom stereocenters. The van der Waals surface area contributed by atoms with Crippen LogP contribution in [-0.2, 0) is 5.60 Å². The van der Waals surface area contributed by atoms with Crippen molar-refractivity contribution in [1.29, 1.82) is 0 Å². The third-order valence-corrected chi connectivity index (χ3v) is 3.87. The van der Waals surface area contributed by atoms with Gasteiger partial charge in [0.05, 0.1) is 12.2 Å². The molecule has 1 saturated carbocycles. The maximum atomic E-state index is 9.91. The third kappa shape index (κ3) is 2.68. The number of nitrogens with zero attached hydrogens (tertiary/aromatic N) is 3. The lowest BCUT2D eigenvalue weighted by Gasteiger charge is -2.30. The van der Waals surface area contributed by atoms with Gasteiger partial charge in [0, 0.05) is 0 Å². The van der Waals surface area contributed by atoms with Gasteiger partial charge in [-0.3, -0.25) is 0 Å². The first kappa shape index (κ1) is 12.6. The summed E-state index contributed by atoms with van der Waals surface area (Å²) in [5, 5.41) is 18.2. The molecule has 1 aromatic rings. The minimum absolute atomic E-state index is 0.470. The van der Waals surface area contributed by atoms with Crippen LogP contribution in [0, 0.1) is 5.92 Å². The molecule has 0 saturated heterocycles. The zero-order valence-electron chi connectivity index (χ0n) is 11.1. The molecule has 1 fully saturated rings. The smallest absolute Gasteiger partial charge is 0.114 e. The summed E-state index contributed by atoms with van der Waals surface area (Å²) in [6.07, 6.45) is 8.20. The predicted molar refractivity (Wildman–Crippen MR) is 66.6 cm³/mol. The molecule has 2 rings (SSSR count). The van der Waals surface area contributed by atoms with E-state index in [9.17, 15) is 5.11 Å². The van der Waals surface area contributed by atoms with Crippen LogP contribution in [0.5, 0.6) is 0 Å². The Balaban J connectivity index is 2.18. The normalized spacial score (nSPS) is 26.1. The number of hydrogen-bond acceptors (Lipinski definition) is 3. The van der Waals surface area contributed by atoms with Gasteiger partial charge in [0.15, 0.2) is 0 Å². The molecule has 17 heavy (non-hydrogen) atoms. The van der Waals surface area contributed by atoms with Gasteiger partial charge in [-0.15, -0.1) is 5.10 Å². The molecule has 4 nitrogen and oxygen atoms in total. The molecule has 1 aromatic heterocycles. The Hall–Kier alpha value is -0.900. The van der Waals surface area contributed by atoms with Crippen molar-refractivity contribution in [2.45, 2.75) is 64.5 Å². The SMILES string of the molecule is CCC1CCCCC1n1cc(C(C)(C)O)nn1. The molecular formula is C13H23N3O. The first-order valence-electron chi connectivity index (χ1n) is 6.67. The molecule has 1 N–H and O–H groups in total. The fourth-order valence-electron chi connectivity index (χ4n) is 2.73. The average molecular weight is 237 g/mol. The fraction of sp³-hybridized carbons (Fsp3) is 0.846. The summed E-state index contributed by atoms with van der Waals surface area (Å²) in [6, 6.07) is 0.470. The number of rotatable bonds is 3. The molecule has 0 amide bonds. The third-order valence-electron chi connectivity index (χ3n) is 3.87. The Bertz CT molecular complexity index is 367. The van der Waals surface area contributed by atoms with Gasteiger partial charge in [-0.2, -0.15) is 0 Å². The standard InChI is InChI=1S/C13H23N3O/c1-4-10-7-5-6-8-11(10)16-9-12(14-15-16)13(2,3)17/h9-11,17H,4-8H2,1-3H3. The first-order chi connectivity index (χ1) is 8.02. The Kier molecular flexibility index (Phi) is 3.52. The largest absolute Gasteiger partial charge is 0.384 e. The quantitative estimate of drug-likeness (QED) is 0.879. The zero-order chi connectivity index (χ0) is 12.5. The lowest BCUT2D eigenvalue weighted by molar-refractivity contribution is 0.0736. The minimum atomic E-state index is -0.894. The molecule has 96 valence electrons. The van der Waals surface area contributed by atoms with Gasteiger partial charge in [-0.05, 0) is 32.6 Å². The Labute approximate surface area is 103 Å². The van der Waals surface area contributed by atoms with Crippen LogP contribution >= 0.6 is 0 Å². The molecule has 0 spiro atoms. The average Bonchev–Trinajstić information content (AvgIpc) is 2.77. The molecule has 0 aliphatic heterocycles. The highest BCUT2D eigenvalue weighted by Gasteiger charge is 2.28. The molecule has 1 heterocycles. The van der Waals surface area contributed by atoms with E-state index in [1.54, 1.807) is 13.8 Å². The van der Waals surface area contributed by atoms with Crippen LogP contribution in [-0.4, -0.2) is 20.1 Å². The minimum Gasteiger partial charge on any atom is -0.384 e. The van der Waals surface area contributed by atoms with Crippen molar-refractivity contribution in [3.05, 3.63) is 11.9 Å². The van der Waals surface area contributed by atoms with Gasteiger partial charge in [0.1, 0.15) is 11.3 Å². The van der Waals surface area contributed by atoms with Gasteiger partial charge in [0.2, 0.25) is 0 Å². The van der Waals surface area contributed by atoms with Gasteiger partial charge in [0.25, 0.3) is 0 Å². The van der Waals surface area contributed by atoms with Crippen LogP contribution < -0.4 is 0 Å². The van der Waals surface area contributed by atoms with Crippen molar-refractivity contribution < 1.29 is 5.11 Å². The van der Waals surface area contributed by atoms with Crippen LogP contribution in [0.25, 0.3) is 0 Å². The molecule has 2 atom stereocenters. The van der Waals surface area contributed by atoms with Crippen molar-refractivity contribution in [2.24, 2.45) is 5.92 Å². The summed E-state index contributed by atoms with van der Waals surface area (Å²) in [4.78, 5) is 0. The summed E-state index contributed by atoms with van der Waals surface area (Å²) in [5.41, 5.74) is -0.229. The molecule has 1 aliphatic rings. The molecule has 0 aromatic carbocycles. The first-order valence-corrected chi connectivity index (χ1v) is 6.67. The summed E-state index contributed by atoms with van der Waals surface area (Å²) < 4.78 is 1.97. The van der Waals surface area contributed by atoms with Crippen LogP contribution in [0.15, 0.2) is 6.20 Å². The lowest BCUT2D eigenvalue weighted by atomic mass is 9.83. The second-order valence-corrected chi connectivity index (χ2v) is 5.66. The van der Waals surface area contributed by atoms with E-state index < -0.39 is 5.60 Å². The molecule has 1 aliphatic carbocycles. The van der Waals surface area contributed by atoms with Gasteiger partial charge in [-0.1, -0.05) is 31.4 Å². The summed E-state index contributed by atoms with van der Waals surface area (Å²) in [6.45, 7) is 5.75. The molecule has 4 heteroatoms. The molecule has 0 bridgehead atoms. The monoisotopic (exact) mass is 237 g/mol. The molecule has 0 radical (unpaired) electrons. The fourth-order valence-corrected chi connectivity index (χ4v) is 2.73. The topological polar surface area (TPSA) is 50.9 Å². The highest BCUT2D eigenvalue weighted by Crippen LogP contribution is 2.35. The van der Waals surface area contributed by atoms with Gasteiger partial charge in [-0.25, -0.2) is 4.68 Å². The second-order valence-electron chi connectivity index (χ2n) is 5.66. The van der Waals surface area contributed by atoms with E-state index in [-0.39, 0.29) is 0 Å². The van der Waals surface area contributed by atoms with Crippen molar-refractivity contribution in [3.63, 3.8) is 0 Å². The Morgan fingerprint density at radius 1 is 1.41 bits per heavy atom. The highest BCUT2D eigenvalue weighted by molar-refractivity contribution is 5.03. The van der Waals surface area contributed by atoms with Crippen molar-refractivity contribution in [1.82, 2.24) is 15.0 Å². The maximum Gasteiger partial charge on any atom is 0.114 e. The van der Waals surface area contributed by atoms with Crippen LogP contribution in [0.3, 0.4) is 0 Å². The summed E-state index contributed by atoms with van der Waals surface area (Å²) >= 11 is 0. The van der Waals surface area contributed by atoms with Crippen LogP contribution in [0.1, 0.15) is 64.6 Å². The van der Waals surface area contributed by atoms with Crippen molar-refractivity contribution in [3.8, 4) is 0 Å². The van der Waals surface area contributed by atoms with E-state index in [2.05, 4.69) is 17.2 Å². The number of aliphatic hydroxyl groups is 1. The van der Waals surface area contributed by atoms with E-state index in [1.807, 2.05) is 10.9 Å². The Morgan fingerprint density at radius 3 is 2.71 bits per heavy atom. The van der Waals surface area contributed by atoms with Gasteiger partial charge < -0.3 is 5.11 Å².